The highest BCUT2D eigenvalue weighted by Gasteiger charge is 2.26. The van der Waals surface area contributed by atoms with Gasteiger partial charge in [-0.2, -0.15) is 11.8 Å². The largest absolute Gasteiger partial charge is 0.313 e. The Hall–Kier alpha value is -0.220. The molecule has 0 saturated heterocycles. The smallest absolute Gasteiger partial charge is 0.148 e. The number of thioether (sulfide) groups is 1. The number of halogens is 1. The Balaban J connectivity index is 2.09. The van der Waals surface area contributed by atoms with Gasteiger partial charge < -0.3 is 4.57 Å². The van der Waals surface area contributed by atoms with Crippen LogP contribution in [0, 0.1) is 0 Å². The summed E-state index contributed by atoms with van der Waals surface area (Å²) in [7, 11) is 0. The van der Waals surface area contributed by atoms with Crippen molar-refractivity contribution in [3.63, 3.8) is 0 Å². The molecule has 3 nitrogen and oxygen atoms in total. The van der Waals surface area contributed by atoms with Crippen molar-refractivity contribution in [1.29, 1.82) is 0 Å². The van der Waals surface area contributed by atoms with Gasteiger partial charge in [0.2, 0.25) is 0 Å². The molecule has 0 spiro atoms. The molecule has 1 heterocycles. The highest BCUT2D eigenvalue weighted by atomic mass is 35.5. The van der Waals surface area contributed by atoms with Crippen LogP contribution in [0.15, 0.2) is 6.33 Å². The molecule has 2 rings (SSSR count). The quantitative estimate of drug-likeness (QED) is 0.749. The zero-order valence-electron chi connectivity index (χ0n) is 8.19. The lowest BCUT2D eigenvalue weighted by molar-refractivity contribution is 0.504. The van der Waals surface area contributed by atoms with Crippen LogP contribution in [-0.2, 0) is 5.88 Å². The van der Waals surface area contributed by atoms with Gasteiger partial charge in [0, 0.05) is 11.3 Å². The number of alkyl halides is 1. The van der Waals surface area contributed by atoms with E-state index >= 15 is 0 Å². The van der Waals surface area contributed by atoms with Crippen molar-refractivity contribution in [2.45, 2.75) is 36.4 Å². The molecule has 0 aliphatic heterocycles. The maximum Gasteiger partial charge on any atom is 0.148 e. The molecule has 14 heavy (non-hydrogen) atoms. The topological polar surface area (TPSA) is 30.7 Å². The second-order valence-corrected chi connectivity index (χ2v) is 5.02. The average molecular weight is 232 g/mol. The van der Waals surface area contributed by atoms with Gasteiger partial charge in [-0.3, -0.25) is 0 Å². The van der Waals surface area contributed by atoms with E-state index in [4.69, 9.17) is 11.6 Å². The van der Waals surface area contributed by atoms with Crippen molar-refractivity contribution in [3.8, 4) is 0 Å². The minimum Gasteiger partial charge on any atom is -0.313 e. The van der Waals surface area contributed by atoms with Gasteiger partial charge in [-0.25, -0.2) is 0 Å². The number of nitrogens with zero attached hydrogens (tertiary/aromatic N) is 3. The summed E-state index contributed by atoms with van der Waals surface area (Å²) in [4.78, 5) is 0. The van der Waals surface area contributed by atoms with Crippen LogP contribution in [0.5, 0.6) is 0 Å². The van der Waals surface area contributed by atoms with Crippen LogP contribution >= 0.6 is 23.4 Å². The fourth-order valence-electron chi connectivity index (χ4n) is 2.05. The van der Waals surface area contributed by atoms with Crippen molar-refractivity contribution in [1.82, 2.24) is 14.8 Å². The van der Waals surface area contributed by atoms with Crippen molar-refractivity contribution in [2.75, 3.05) is 6.26 Å². The first-order valence-corrected chi connectivity index (χ1v) is 6.64. The van der Waals surface area contributed by atoms with Crippen LogP contribution in [-0.4, -0.2) is 26.3 Å². The molecule has 1 aromatic heterocycles. The van der Waals surface area contributed by atoms with Crippen molar-refractivity contribution in [2.24, 2.45) is 0 Å². The zero-order chi connectivity index (χ0) is 9.97. The molecular weight excluding hydrogens is 218 g/mol. The van der Waals surface area contributed by atoms with E-state index in [9.17, 15) is 0 Å². The second-order valence-electron chi connectivity index (χ2n) is 3.61. The second kappa shape index (κ2) is 4.53. The minimum absolute atomic E-state index is 0.459. The van der Waals surface area contributed by atoms with E-state index < -0.39 is 0 Å². The Labute approximate surface area is 93.2 Å². The fourth-order valence-corrected chi connectivity index (χ4v) is 3.03. The van der Waals surface area contributed by atoms with E-state index in [1.807, 2.05) is 18.1 Å². The third kappa shape index (κ3) is 1.91. The lowest BCUT2D eigenvalue weighted by Crippen LogP contribution is -2.08. The summed E-state index contributed by atoms with van der Waals surface area (Å²) in [6.07, 6.45) is 7.75. The third-order valence-electron chi connectivity index (χ3n) is 2.85. The summed E-state index contributed by atoms with van der Waals surface area (Å²) in [6, 6.07) is 0.566. The Morgan fingerprint density at radius 3 is 3.14 bits per heavy atom. The van der Waals surface area contributed by atoms with E-state index in [2.05, 4.69) is 21.0 Å². The van der Waals surface area contributed by atoms with Gasteiger partial charge >= 0.3 is 0 Å². The molecule has 1 fully saturated rings. The van der Waals surface area contributed by atoms with Crippen LogP contribution in [0.1, 0.15) is 31.1 Å². The molecule has 1 saturated carbocycles. The highest BCUT2D eigenvalue weighted by molar-refractivity contribution is 7.99. The molecule has 1 aliphatic rings. The highest BCUT2D eigenvalue weighted by Crippen LogP contribution is 2.36. The Morgan fingerprint density at radius 1 is 1.64 bits per heavy atom. The van der Waals surface area contributed by atoms with Gasteiger partial charge in [0.25, 0.3) is 0 Å². The molecule has 0 amide bonds. The Kier molecular flexibility index (Phi) is 3.34. The Morgan fingerprint density at radius 2 is 2.50 bits per heavy atom. The summed E-state index contributed by atoms with van der Waals surface area (Å²) >= 11 is 7.75. The third-order valence-corrected chi connectivity index (χ3v) is 4.18. The number of hydrogen-bond acceptors (Lipinski definition) is 3. The first-order valence-electron chi connectivity index (χ1n) is 4.82. The summed E-state index contributed by atoms with van der Waals surface area (Å²) in [5.74, 6) is 1.36. The van der Waals surface area contributed by atoms with E-state index in [0.29, 0.717) is 11.9 Å². The number of rotatable bonds is 3. The van der Waals surface area contributed by atoms with Crippen LogP contribution in [0.4, 0.5) is 0 Å². The van der Waals surface area contributed by atoms with Gasteiger partial charge in [-0.1, -0.05) is 0 Å². The lowest BCUT2D eigenvalue weighted by Gasteiger charge is -2.13. The summed E-state index contributed by atoms with van der Waals surface area (Å²) in [5, 5.41) is 8.71. The monoisotopic (exact) mass is 231 g/mol. The van der Waals surface area contributed by atoms with Gasteiger partial charge in [0.15, 0.2) is 0 Å². The molecule has 2 unspecified atom stereocenters. The van der Waals surface area contributed by atoms with E-state index in [1.165, 1.54) is 19.3 Å². The van der Waals surface area contributed by atoms with Crippen LogP contribution < -0.4 is 0 Å². The fraction of sp³-hybridized carbons (Fsp3) is 0.778. The lowest BCUT2D eigenvalue weighted by atomic mass is 10.2. The molecule has 0 aromatic carbocycles. The van der Waals surface area contributed by atoms with E-state index in [1.54, 1.807) is 0 Å². The predicted octanol–water partition coefficient (Wildman–Crippen LogP) is 2.47. The molecule has 0 bridgehead atoms. The molecule has 0 radical (unpaired) electrons. The van der Waals surface area contributed by atoms with Crippen molar-refractivity contribution in [3.05, 3.63) is 12.2 Å². The number of aromatic nitrogens is 3. The molecule has 2 atom stereocenters. The SMILES string of the molecule is CSC1CCC(n2cnnc2CCl)C1. The Bertz CT molecular complexity index is 302. The number of hydrogen-bond donors (Lipinski definition) is 0. The van der Waals surface area contributed by atoms with Gasteiger partial charge in [0.1, 0.15) is 12.2 Å². The maximum absolute atomic E-state index is 5.79. The molecule has 5 heteroatoms. The van der Waals surface area contributed by atoms with E-state index in [-0.39, 0.29) is 0 Å². The van der Waals surface area contributed by atoms with Crippen LogP contribution in [0.3, 0.4) is 0 Å². The molecule has 78 valence electrons. The van der Waals surface area contributed by atoms with E-state index in [0.717, 1.165) is 11.1 Å². The van der Waals surface area contributed by atoms with Crippen LogP contribution in [0.25, 0.3) is 0 Å². The van der Waals surface area contributed by atoms with Crippen molar-refractivity contribution >= 4 is 23.4 Å². The molecule has 1 aliphatic carbocycles. The van der Waals surface area contributed by atoms with Crippen LogP contribution in [0.2, 0.25) is 0 Å². The molecule has 0 N–H and O–H groups in total. The first kappa shape index (κ1) is 10.3. The van der Waals surface area contributed by atoms with Gasteiger partial charge in [-0.15, -0.1) is 21.8 Å². The molecular formula is C9H14ClN3S. The summed E-state index contributed by atoms with van der Waals surface area (Å²) in [5.41, 5.74) is 0. The van der Waals surface area contributed by atoms with Gasteiger partial charge in [-0.05, 0) is 25.5 Å². The minimum atomic E-state index is 0.459. The average Bonchev–Trinajstić information content (AvgIpc) is 2.85. The standard InChI is InChI=1S/C9H14ClN3S/c1-14-8-3-2-7(4-8)13-6-11-12-9(13)5-10/h6-8H,2-5H2,1H3. The summed E-state index contributed by atoms with van der Waals surface area (Å²) in [6.45, 7) is 0. The first-order chi connectivity index (χ1) is 6.85. The van der Waals surface area contributed by atoms with Crippen molar-refractivity contribution < 1.29 is 0 Å². The normalized spacial score (nSPS) is 27.0. The molecule has 1 aromatic rings. The maximum atomic E-state index is 5.79. The summed E-state index contributed by atoms with van der Waals surface area (Å²) < 4.78 is 2.14. The van der Waals surface area contributed by atoms with Gasteiger partial charge in [0.05, 0.1) is 5.88 Å². The zero-order valence-corrected chi connectivity index (χ0v) is 9.76. The predicted molar refractivity (Wildman–Crippen MR) is 59.8 cm³/mol.